The van der Waals surface area contributed by atoms with E-state index < -0.39 is 0 Å². The fourth-order valence-electron chi connectivity index (χ4n) is 3.65. The first-order chi connectivity index (χ1) is 14.9. The molecule has 0 saturated carbocycles. The summed E-state index contributed by atoms with van der Waals surface area (Å²) in [6.45, 7) is 2.44. The lowest BCUT2D eigenvalue weighted by molar-refractivity contribution is 0.239. The van der Waals surface area contributed by atoms with E-state index in [-0.39, 0.29) is 17.9 Å². The van der Waals surface area contributed by atoms with E-state index in [1.807, 2.05) is 37.3 Å². The Morgan fingerprint density at radius 3 is 2.94 bits per heavy atom. The van der Waals surface area contributed by atoms with Gasteiger partial charge in [-0.05, 0) is 48.2 Å². The van der Waals surface area contributed by atoms with E-state index in [2.05, 4.69) is 15.6 Å². The van der Waals surface area contributed by atoms with Crippen LogP contribution in [-0.2, 0) is 6.42 Å². The third kappa shape index (κ3) is 4.73. The molecule has 8 heteroatoms. The first-order valence-electron chi connectivity index (χ1n) is 9.99. The number of hydrogen-bond acceptors (Lipinski definition) is 4. The van der Waals surface area contributed by atoms with Crippen LogP contribution in [0.25, 0.3) is 21.3 Å². The van der Waals surface area contributed by atoms with Crippen molar-refractivity contribution >= 4 is 44.3 Å². The molecule has 1 aliphatic carbocycles. The zero-order chi connectivity index (χ0) is 22.0. The number of hydrogen-bond donors (Lipinski definition) is 3. The Balaban J connectivity index is 1.64. The molecule has 1 aliphatic rings. The van der Waals surface area contributed by atoms with Crippen LogP contribution in [0.3, 0.4) is 0 Å². The van der Waals surface area contributed by atoms with E-state index >= 15 is 4.39 Å². The number of benzene rings is 2. The van der Waals surface area contributed by atoms with Gasteiger partial charge in [0, 0.05) is 23.6 Å². The fraction of sp³-hybridized carbons (Fsp3) is 0.217. The maximum Gasteiger partial charge on any atom is 0.315 e. The lowest BCUT2D eigenvalue weighted by Crippen LogP contribution is -2.41. The van der Waals surface area contributed by atoms with E-state index in [0.29, 0.717) is 51.7 Å². The summed E-state index contributed by atoms with van der Waals surface area (Å²) < 4.78 is 16.5. The number of allylic oxidation sites excluding steroid dienone is 2. The number of carbonyl (C=O) groups excluding carboxylic acids is 1. The number of nitrogens with one attached hydrogen (secondary N) is 2. The molecule has 2 aromatic carbocycles. The van der Waals surface area contributed by atoms with Gasteiger partial charge in [0.25, 0.3) is 0 Å². The van der Waals surface area contributed by atoms with Crippen LogP contribution in [0.15, 0.2) is 54.1 Å². The zero-order valence-corrected chi connectivity index (χ0v) is 18.5. The van der Waals surface area contributed by atoms with Crippen molar-refractivity contribution in [1.82, 2.24) is 15.6 Å². The number of nitrogen functional groups attached to an aromatic ring is 1. The number of rotatable bonds is 5. The van der Waals surface area contributed by atoms with Crippen molar-refractivity contribution in [2.24, 2.45) is 0 Å². The van der Waals surface area contributed by atoms with Crippen LogP contribution < -0.4 is 16.4 Å². The van der Waals surface area contributed by atoms with Crippen molar-refractivity contribution < 1.29 is 9.18 Å². The summed E-state index contributed by atoms with van der Waals surface area (Å²) in [6.07, 6.45) is 6.98. The molecule has 31 heavy (non-hydrogen) atoms. The number of urea groups is 1. The second-order valence-corrected chi connectivity index (χ2v) is 8.79. The normalized spacial score (nSPS) is 15.7. The van der Waals surface area contributed by atoms with E-state index in [1.54, 1.807) is 18.2 Å². The molecule has 0 spiro atoms. The van der Waals surface area contributed by atoms with Crippen molar-refractivity contribution in [3.63, 3.8) is 0 Å². The van der Waals surface area contributed by atoms with Gasteiger partial charge in [0.15, 0.2) is 5.13 Å². The Morgan fingerprint density at radius 1 is 1.39 bits per heavy atom. The van der Waals surface area contributed by atoms with Crippen molar-refractivity contribution in [3.05, 3.63) is 70.5 Å². The monoisotopic (exact) mass is 456 g/mol. The van der Waals surface area contributed by atoms with Gasteiger partial charge < -0.3 is 16.4 Å². The van der Waals surface area contributed by atoms with Gasteiger partial charge in [-0.1, -0.05) is 53.3 Å². The van der Waals surface area contributed by atoms with Crippen molar-refractivity contribution in [3.8, 4) is 11.1 Å². The number of fused-ring (bicyclic) bond motifs is 1. The van der Waals surface area contributed by atoms with Crippen LogP contribution in [0.1, 0.15) is 18.9 Å². The highest BCUT2D eigenvalue weighted by Crippen LogP contribution is 2.38. The fourth-order valence-corrected chi connectivity index (χ4v) is 4.65. The number of amides is 2. The molecule has 0 saturated heterocycles. The molecule has 4 N–H and O–H groups in total. The van der Waals surface area contributed by atoms with E-state index in [0.717, 1.165) is 10.3 Å². The highest BCUT2D eigenvalue weighted by molar-refractivity contribution is 7.22. The summed E-state index contributed by atoms with van der Waals surface area (Å²) in [6, 6.07) is 8.64. The van der Waals surface area contributed by atoms with Gasteiger partial charge >= 0.3 is 6.03 Å². The molecule has 0 radical (unpaired) electrons. The van der Waals surface area contributed by atoms with Gasteiger partial charge in [-0.15, -0.1) is 0 Å². The van der Waals surface area contributed by atoms with E-state index in [4.69, 9.17) is 17.3 Å². The Bertz CT molecular complexity index is 1200. The van der Waals surface area contributed by atoms with Crippen LogP contribution in [0.5, 0.6) is 0 Å². The minimum absolute atomic E-state index is 0.0778. The number of halogens is 2. The molecule has 1 aromatic heterocycles. The smallest absolute Gasteiger partial charge is 0.315 e. The average Bonchev–Trinajstić information content (AvgIpc) is 3.09. The van der Waals surface area contributed by atoms with Crippen LogP contribution in [-0.4, -0.2) is 23.6 Å². The van der Waals surface area contributed by atoms with E-state index in [9.17, 15) is 4.79 Å². The molecule has 1 atom stereocenters. The predicted molar refractivity (Wildman–Crippen MR) is 126 cm³/mol. The first-order valence-corrected chi connectivity index (χ1v) is 11.2. The quantitative estimate of drug-likeness (QED) is 0.477. The third-order valence-electron chi connectivity index (χ3n) is 5.05. The molecule has 3 aromatic rings. The Hall–Kier alpha value is -2.90. The van der Waals surface area contributed by atoms with Gasteiger partial charge in [-0.3, -0.25) is 0 Å². The number of anilines is 1. The maximum absolute atomic E-state index is 15.7. The molecule has 5 nitrogen and oxygen atoms in total. The van der Waals surface area contributed by atoms with Gasteiger partial charge in [0.05, 0.1) is 16.3 Å². The SMILES string of the molecule is CCNC(=O)NC1C=CC(Cc2cc3sc(N)nc3c(-c3cccc(Cl)c3)c2F)=CC1. The van der Waals surface area contributed by atoms with Crippen molar-refractivity contribution in [2.45, 2.75) is 25.8 Å². The molecule has 0 bridgehead atoms. The zero-order valence-electron chi connectivity index (χ0n) is 16.9. The maximum atomic E-state index is 15.7. The van der Waals surface area contributed by atoms with Crippen molar-refractivity contribution in [1.29, 1.82) is 0 Å². The standard InChI is InChI=1S/C23H22ClFN4OS/c1-2-27-23(30)28-17-8-6-13(7-9-17)10-15-12-18-21(29-22(26)31-18)19(20(15)25)14-4-3-5-16(24)11-14/h3-8,11-12,17H,2,9-10H2,1H3,(H2,26,29)(H2,27,28,30). The number of thiazole rings is 1. The molecule has 4 rings (SSSR count). The molecule has 0 fully saturated rings. The summed E-state index contributed by atoms with van der Waals surface area (Å²) in [7, 11) is 0. The van der Waals surface area contributed by atoms with Gasteiger partial charge in [0.2, 0.25) is 0 Å². The summed E-state index contributed by atoms with van der Waals surface area (Å²) in [5, 5.41) is 6.53. The molecule has 0 aliphatic heterocycles. The minimum atomic E-state index is -0.322. The molecule has 1 unspecified atom stereocenters. The molecule has 2 amide bonds. The van der Waals surface area contributed by atoms with Crippen molar-refractivity contribution in [2.75, 3.05) is 12.3 Å². The lowest BCUT2D eigenvalue weighted by Gasteiger charge is -2.18. The van der Waals surface area contributed by atoms with Crippen LogP contribution >= 0.6 is 22.9 Å². The lowest BCUT2D eigenvalue weighted by atomic mass is 9.94. The van der Waals surface area contributed by atoms with Crippen LogP contribution in [0, 0.1) is 5.82 Å². The molecule has 1 heterocycles. The largest absolute Gasteiger partial charge is 0.375 e. The van der Waals surface area contributed by atoms with Gasteiger partial charge in [0.1, 0.15) is 5.82 Å². The average molecular weight is 457 g/mol. The predicted octanol–water partition coefficient (Wildman–Crippen LogP) is 5.45. The Morgan fingerprint density at radius 2 is 2.23 bits per heavy atom. The number of nitrogens with two attached hydrogens (primary N) is 1. The summed E-state index contributed by atoms with van der Waals surface area (Å²) in [5.74, 6) is -0.322. The Kier molecular flexibility index (Phi) is 6.25. The molecular formula is C23H22ClFN4OS. The number of nitrogens with zero attached hydrogens (tertiary/aromatic N) is 1. The third-order valence-corrected chi connectivity index (χ3v) is 6.12. The Labute approximate surface area is 188 Å². The molecular weight excluding hydrogens is 435 g/mol. The minimum Gasteiger partial charge on any atom is -0.375 e. The second-order valence-electron chi connectivity index (χ2n) is 7.29. The highest BCUT2D eigenvalue weighted by Gasteiger charge is 2.20. The summed E-state index contributed by atoms with van der Waals surface area (Å²) >= 11 is 7.49. The summed E-state index contributed by atoms with van der Waals surface area (Å²) in [5.41, 5.74) is 9.11. The highest BCUT2D eigenvalue weighted by atomic mass is 35.5. The number of aromatic nitrogens is 1. The van der Waals surface area contributed by atoms with Gasteiger partial charge in [-0.2, -0.15) is 0 Å². The second kappa shape index (κ2) is 9.08. The number of carbonyl (C=O) groups is 1. The topological polar surface area (TPSA) is 80.0 Å². The van der Waals surface area contributed by atoms with Crippen LogP contribution in [0.2, 0.25) is 5.02 Å². The summed E-state index contributed by atoms with van der Waals surface area (Å²) in [4.78, 5) is 16.1. The van der Waals surface area contributed by atoms with Crippen LogP contribution in [0.4, 0.5) is 14.3 Å². The van der Waals surface area contributed by atoms with E-state index in [1.165, 1.54) is 11.3 Å². The first kappa shape index (κ1) is 21.3. The van der Waals surface area contributed by atoms with Gasteiger partial charge in [-0.25, -0.2) is 14.2 Å². The molecule has 160 valence electrons.